The van der Waals surface area contributed by atoms with Gasteiger partial charge in [-0.1, -0.05) is 0 Å². The molecule has 0 aromatic carbocycles. The molecule has 2 aliphatic heterocycles. The highest BCUT2D eigenvalue weighted by molar-refractivity contribution is 5.30. The van der Waals surface area contributed by atoms with Crippen LogP contribution in [-0.2, 0) is 4.74 Å². The van der Waals surface area contributed by atoms with Crippen molar-refractivity contribution in [3.63, 3.8) is 0 Å². The van der Waals surface area contributed by atoms with Gasteiger partial charge in [0, 0.05) is 19.1 Å². The molecule has 2 aliphatic rings. The lowest BCUT2D eigenvalue weighted by atomic mass is 10.1. The van der Waals surface area contributed by atoms with Crippen LogP contribution in [0.5, 0.6) is 0 Å². The fraction of sp³-hybridized carbons (Fsp3) is 0.846. The summed E-state index contributed by atoms with van der Waals surface area (Å²) in [6, 6.07) is 0.633. The van der Waals surface area contributed by atoms with Crippen LogP contribution >= 0.6 is 0 Å². The first-order valence-corrected chi connectivity index (χ1v) is 7.26. The number of anilines is 1. The summed E-state index contributed by atoms with van der Waals surface area (Å²) in [6.07, 6.45) is 4.89. The number of nitrogens with zero attached hydrogens (tertiary/aromatic N) is 3. The third-order valence-corrected chi connectivity index (χ3v) is 4.21. The molecule has 2 fully saturated rings. The van der Waals surface area contributed by atoms with E-state index in [9.17, 15) is 0 Å². The van der Waals surface area contributed by atoms with E-state index in [1.54, 1.807) is 0 Å². The summed E-state index contributed by atoms with van der Waals surface area (Å²) in [5.74, 6) is 1.71. The second kappa shape index (κ2) is 5.46. The molecule has 3 heterocycles. The Morgan fingerprint density at radius 2 is 2.05 bits per heavy atom. The standard InChI is InChI=1S/C13H23N5O/c1-9-3-4-11(19-9)12-15-13(17-16-12)18-7-5-10(14-2)6-8-18/h9-11,14H,3-8H2,1-2H3,(H,15,16,17). The van der Waals surface area contributed by atoms with E-state index in [2.05, 4.69) is 32.3 Å². The number of hydrogen-bond acceptors (Lipinski definition) is 5. The van der Waals surface area contributed by atoms with E-state index < -0.39 is 0 Å². The summed E-state index contributed by atoms with van der Waals surface area (Å²) in [4.78, 5) is 6.87. The Kier molecular flexibility index (Phi) is 3.70. The summed E-state index contributed by atoms with van der Waals surface area (Å²) >= 11 is 0. The molecule has 0 aliphatic carbocycles. The topological polar surface area (TPSA) is 66.1 Å². The van der Waals surface area contributed by atoms with Crippen LogP contribution in [0, 0.1) is 0 Å². The highest BCUT2D eigenvalue weighted by Gasteiger charge is 2.27. The number of H-pyrrole nitrogens is 1. The van der Waals surface area contributed by atoms with E-state index in [4.69, 9.17) is 4.74 Å². The Morgan fingerprint density at radius 1 is 1.26 bits per heavy atom. The first-order valence-electron chi connectivity index (χ1n) is 7.26. The van der Waals surface area contributed by atoms with E-state index in [1.165, 1.54) is 0 Å². The zero-order valence-corrected chi connectivity index (χ0v) is 11.7. The van der Waals surface area contributed by atoms with Gasteiger partial charge in [0.1, 0.15) is 6.10 Å². The third kappa shape index (κ3) is 2.74. The van der Waals surface area contributed by atoms with Crippen LogP contribution in [0.2, 0.25) is 0 Å². The SMILES string of the molecule is CNC1CCN(c2n[nH]c(C3CCC(C)O3)n2)CC1. The first kappa shape index (κ1) is 12.9. The first-order chi connectivity index (χ1) is 9.26. The molecule has 19 heavy (non-hydrogen) atoms. The summed E-state index contributed by atoms with van der Waals surface area (Å²) in [7, 11) is 2.03. The predicted octanol–water partition coefficient (Wildman–Crippen LogP) is 1.23. The van der Waals surface area contributed by atoms with Gasteiger partial charge in [-0.25, -0.2) is 0 Å². The molecule has 1 aromatic heterocycles. The van der Waals surface area contributed by atoms with E-state index in [0.717, 1.165) is 50.5 Å². The molecule has 106 valence electrons. The Balaban J connectivity index is 1.62. The zero-order valence-electron chi connectivity index (χ0n) is 11.7. The molecule has 3 rings (SSSR count). The summed E-state index contributed by atoms with van der Waals surface area (Å²) in [6.45, 7) is 4.15. The average molecular weight is 265 g/mol. The maximum absolute atomic E-state index is 5.82. The van der Waals surface area contributed by atoms with E-state index in [-0.39, 0.29) is 6.10 Å². The van der Waals surface area contributed by atoms with Gasteiger partial charge in [-0.15, -0.1) is 5.10 Å². The Morgan fingerprint density at radius 3 is 2.68 bits per heavy atom. The van der Waals surface area contributed by atoms with Crippen molar-refractivity contribution in [2.24, 2.45) is 0 Å². The van der Waals surface area contributed by atoms with Gasteiger partial charge in [0.15, 0.2) is 5.82 Å². The fourth-order valence-corrected chi connectivity index (χ4v) is 2.92. The molecule has 2 unspecified atom stereocenters. The lowest BCUT2D eigenvalue weighted by Gasteiger charge is -2.30. The predicted molar refractivity (Wildman–Crippen MR) is 73.2 cm³/mol. The lowest BCUT2D eigenvalue weighted by Crippen LogP contribution is -2.41. The third-order valence-electron chi connectivity index (χ3n) is 4.21. The molecule has 2 atom stereocenters. The van der Waals surface area contributed by atoms with E-state index in [1.807, 2.05) is 7.05 Å². The van der Waals surface area contributed by atoms with Gasteiger partial charge >= 0.3 is 0 Å². The van der Waals surface area contributed by atoms with Crippen LogP contribution < -0.4 is 10.2 Å². The monoisotopic (exact) mass is 265 g/mol. The van der Waals surface area contributed by atoms with Crippen LogP contribution in [0.3, 0.4) is 0 Å². The molecule has 2 N–H and O–H groups in total. The number of ether oxygens (including phenoxy) is 1. The quantitative estimate of drug-likeness (QED) is 0.860. The maximum Gasteiger partial charge on any atom is 0.244 e. The fourth-order valence-electron chi connectivity index (χ4n) is 2.92. The van der Waals surface area contributed by atoms with Crippen LogP contribution in [0.15, 0.2) is 0 Å². The normalized spacial score (nSPS) is 29.1. The zero-order chi connectivity index (χ0) is 13.2. The number of nitrogens with one attached hydrogen (secondary N) is 2. The number of aromatic amines is 1. The highest BCUT2D eigenvalue weighted by Crippen LogP contribution is 2.31. The summed E-state index contributed by atoms with van der Waals surface area (Å²) < 4.78 is 5.82. The Hall–Kier alpha value is -1.14. The molecule has 0 spiro atoms. The van der Waals surface area contributed by atoms with Gasteiger partial charge in [-0.05, 0) is 39.7 Å². The molecule has 0 bridgehead atoms. The van der Waals surface area contributed by atoms with Crippen molar-refractivity contribution < 1.29 is 4.74 Å². The van der Waals surface area contributed by atoms with Gasteiger partial charge in [0.25, 0.3) is 0 Å². The van der Waals surface area contributed by atoms with Crippen molar-refractivity contribution in [2.45, 2.75) is 50.9 Å². The molecule has 6 nitrogen and oxygen atoms in total. The summed E-state index contributed by atoms with van der Waals surface area (Å²) in [5, 5.41) is 10.7. The molecular weight excluding hydrogens is 242 g/mol. The second-order valence-corrected chi connectivity index (χ2v) is 5.58. The van der Waals surface area contributed by atoms with Crippen molar-refractivity contribution in [1.29, 1.82) is 0 Å². The van der Waals surface area contributed by atoms with Crippen molar-refractivity contribution in [2.75, 3.05) is 25.0 Å². The maximum atomic E-state index is 5.82. The average Bonchev–Trinajstić information content (AvgIpc) is 3.07. The van der Waals surface area contributed by atoms with Gasteiger partial charge in [0.05, 0.1) is 6.10 Å². The molecular formula is C13H23N5O. The van der Waals surface area contributed by atoms with E-state index >= 15 is 0 Å². The van der Waals surface area contributed by atoms with E-state index in [0.29, 0.717) is 12.1 Å². The number of aromatic nitrogens is 3. The number of piperidine rings is 1. The van der Waals surface area contributed by atoms with Crippen LogP contribution in [0.25, 0.3) is 0 Å². The highest BCUT2D eigenvalue weighted by atomic mass is 16.5. The number of hydrogen-bond donors (Lipinski definition) is 2. The lowest BCUT2D eigenvalue weighted by molar-refractivity contribution is 0.0505. The molecule has 1 aromatic rings. The minimum atomic E-state index is 0.103. The van der Waals surface area contributed by atoms with Gasteiger partial charge in [0.2, 0.25) is 5.95 Å². The van der Waals surface area contributed by atoms with Gasteiger partial charge < -0.3 is 15.0 Å². The van der Waals surface area contributed by atoms with Crippen LogP contribution in [-0.4, -0.2) is 47.5 Å². The smallest absolute Gasteiger partial charge is 0.244 e. The molecule has 0 radical (unpaired) electrons. The Labute approximate surface area is 113 Å². The molecule has 6 heteroatoms. The van der Waals surface area contributed by atoms with Crippen LogP contribution in [0.4, 0.5) is 5.95 Å². The van der Waals surface area contributed by atoms with Crippen molar-refractivity contribution in [3.8, 4) is 0 Å². The van der Waals surface area contributed by atoms with Crippen LogP contribution in [0.1, 0.15) is 44.5 Å². The van der Waals surface area contributed by atoms with Gasteiger partial charge in [-0.2, -0.15) is 4.98 Å². The Bertz CT molecular complexity index is 413. The minimum absolute atomic E-state index is 0.103. The minimum Gasteiger partial charge on any atom is -0.367 e. The molecule has 0 amide bonds. The number of rotatable bonds is 3. The largest absolute Gasteiger partial charge is 0.367 e. The summed E-state index contributed by atoms with van der Waals surface area (Å²) in [5.41, 5.74) is 0. The molecule has 2 saturated heterocycles. The van der Waals surface area contributed by atoms with Gasteiger partial charge in [-0.3, -0.25) is 5.10 Å². The van der Waals surface area contributed by atoms with Crippen molar-refractivity contribution in [1.82, 2.24) is 20.5 Å². The second-order valence-electron chi connectivity index (χ2n) is 5.58. The van der Waals surface area contributed by atoms with Crippen molar-refractivity contribution in [3.05, 3.63) is 5.82 Å². The molecule has 0 saturated carbocycles. The van der Waals surface area contributed by atoms with Crippen molar-refractivity contribution >= 4 is 5.95 Å².